The summed E-state index contributed by atoms with van der Waals surface area (Å²) < 4.78 is 22.3. The van der Waals surface area contributed by atoms with E-state index in [0.29, 0.717) is 34.7 Å². The molecule has 31 heavy (non-hydrogen) atoms. The second-order valence-corrected chi connectivity index (χ2v) is 6.96. The van der Waals surface area contributed by atoms with E-state index in [2.05, 4.69) is 22.5 Å². The molecule has 2 aromatic rings. The van der Waals surface area contributed by atoms with Gasteiger partial charge in [-0.3, -0.25) is 4.79 Å². The zero-order valence-corrected chi connectivity index (χ0v) is 18.8. The van der Waals surface area contributed by atoms with Crippen LogP contribution in [0.25, 0.3) is 6.08 Å². The third-order valence-electron chi connectivity index (χ3n) is 3.90. The van der Waals surface area contributed by atoms with E-state index in [0.717, 1.165) is 5.56 Å². The molecule has 0 bridgehead atoms. The quantitative estimate of drug-likeness (QED) is 0.260. The van der Waals surface area contributed by atoms with E-state index in [9.17, 15) is 9.59 Å². The first-order valence-corrected chi connectivity index (χ1v) is 10.1. The highest BCUT2D eigenvalue weighted by Crippen LogP contribution is 2.37. The van der Waals surface area contributed by atoms with Gasteiger partial charge < -0.3 is 24.1 Å². The molecule has 164 valence electrons. The standard InChI is InChI=1S/C23H23BrO7/c1-4-10-30-23-17(24)11-15(12-21(23)29-5-2)6-8-18(25)16-7-9-19(20(13-16)28-3)31-14-22(26)27/h4,6-9,11-13H,1,5,10,14H2,2-3H3,(H,26,27)/b8-6+. The maximum atomic E-state index is 12.6. The fourth-order valence-corrected chi connectivity index (χ4v) is 3.15. The molecule has 0 unspecified atom stereocenters. The summed E-state index contributed by atoms with van der Waals surface area (Å²) in [6.45, 7) is 5.79. The Labute approximate surface area is 189 Å². The average Bonchev–Trinajstić information content (AvgIpc) is 2.75. The number of carboxylic acids is 1. The molecule has 0 saturated carbocycles. The molecule has 0 saturated heterocycles. The summed E-state index contributed by atoms with van der Waals surface area (Å²) in [6, 6.07) is 8.13. The normalized spacial score (nSPS) is 10.5. The van der Waals surface area contributed by atoms with Gasteiger partial charge in [-0.15, -0.1) is 0 Å². The minimum atomic E-state index is -1.11. The van der Waals surface area contributed by atoms with Crippen LogP contribution in [0.1, 0.15) is 22.8 Å². The molecule has 0 radical (unpaired) electrons. The molecule has 0 heterocycles. The number of halogens is 1. The number of hydrogen-bond donors (Lipinski definition) is 1. The van der Waals surface area contributed by atoms with Crippen LogP contribution in [-0.4, -0.2) is 43.8 Å². The summed E-state index contributed by atoms with van der Waals surface area (Å²) in [6.07, 6.45) is 4.73. The van der Waals surface area contributed by atoms with Gasteiger partial charge in [0.2, 0.25) is 0 Å². The number of aliphatic carboxylic acids is 1. The Balaban J connectivity index is 2.23. The molecular formula is C23H23BrO7. The zero-order chi connectivity index (χ0) is 22.8. The van der Waals surface area contributed by atoms with Crippen LogP contribution in [0.4, 0.5) is 0 Å². The van der Waals surface area contributed by atoms with E-state index in [-0.39, 0.29) is 17.3 Å². The largest absolute Gasteiger partial charge is 0.493 e. The van der Waals surface area contributed by atoms with Crippen LogP contribution in [0, 0.1) is 0 Å². The molecule has 0 spiro atoms. The molecule has 2 rings (SSSR count). The predicted molar refractivity (Wildman–Crippen MR) is 120 cm³/mol. The van der Waals surface area contributed by atoms with Gasteiger partial charge in [-0.05, 0) is 64.8 Å². The van der Waals surface area contributed by atoms with Crippen molar-refractivity contribution in [2.75, 3.05) is 26.9 Å². The first kappa shape index (κ1) is 24.0. The fraction of sp³-hybridized carbons (Fsp3) is 0.217. The summed E-state index contributed by atoms with van der Waals surface area (Å²) in [4.78, 5) is 23.3. The van der Waals surface area contributed by atoms with Crippen LogP contribution in [-0.2, 0) is 4.79 Å². The molecule has 0 amide bonds. The molecule has 0 aliphatic rings. The molecule has 0 aliphatic carbocycles. The number of allylic oxidation sites excluding steroid dienone is 1. The summed E-state index contributed by atoms with van der Waals surface area (Å²) in [7, 11) is 1.41. The van der Waals surface area contributed by atoms with Crippen molar-refractivity contribution in [2.45, 2.75) is 6.92 Å². The van der Waals surface area contributed by atoms with Crippen molar-refractivity contribution in [1.82, 2.24) is 0 Å². The molecule has 0 aliphatic heterocycles. The maximum Gasteiger partial charge on any atom is 0.341 e. The van der Waals surface area contributed by atoms with Gasteiger partial charge in [-0.2, -0.15) is 0 Å². The van der Waals surface area contributed by atoms with Crippen molar-refractivity contribution in [1.29, 1.82) is 0 Å². The monoisotopic (exact) mass is 490 g/mol. The predicted octanol–water partition coefficient (Wildman–Crippen LogP) is 4.78. The van der Waals surface area contributed by atoms with E-state index in [4.69, 9.17) is 24.1 Å². The number of ketones is 1. The topological polar surface area (TPSA) is 91.3 Å². The maximum absolute atomic E-state index is 12.6. The van der Waals surface area contributed by atoms with Gasteiger partial charge in [0.25, 0.3) is 0 Å². The van der Waals surface area contributed by atoms with Crippen LogP contribution in [0.3, 0.4) is 0 Å². The third kappa shape index (κ3) is 6.89. The van der Waals surface area contributed by atoms with Crippen molar-refractivity contribution < 1.29 is 33.6 Å². The lowest BCUT2D eigenvalue weighted by atomic mass is 10.1. The van der Waals surface area contributed by atoms with Gasteiger partial charge in [-0.1, -0.05) is 18.7 Å². The number of ether oxygens (including phenoxy) is 4. The number of methoxy groups -OCH3 is 1. The van der Waals surface area contributed by atoms with Gasteiger partial charge >= 0.3 is 5.97 Å². The zero-order valence-electron chi connectivity index (χ0n) is 17.2. The van der Waals surface area contributed by atoms with Crippen LogP contribution < -0.4 is 18.9 Å². The second kappa shape index (κ2) is 11.8. The number of benzene rings is 2. The Morgan fingerprint density at radius 3 is 2.52 bits per heavy atom. The molecule has 7 nitrogen and oxygen atoms in total. The fourth-order valence-electron chi connectivity index (χ4n) is 2.58. The molecule has 0 fully saturated rings. The first-order valence-electron chi connectivity index (χ1n) is 9.34. The Kier molecular flexibility index (Phi) is 9.14. The summed E-state index contributed by atoms with van der Waals surface area (Å²) >= 11 is 3.47. The Bertz CT molecular complexity index is 982. The number of hydrogen-bond acceptors (Lipinski definition) is 6. The van der Waals surface area contributed by atoms with Crippen molar-refractivity contribution in [3.8, 4) is 23.0 Å². The number of carboxylic acid groups (broad SMARTS) is 1. The van der Waals surface area contributed by atoms with E-state index in [1.165, 1.54) is 25.3 Å². The minimum absolute atomic E-state index is 0.242. The molecule has 1 N–H and O–H groups in total. The Morgan fingerprint density at radius 2 is 1.87 bits per heavy atom. The molecule has 2 aromatic carbocycles. The van der Waals surface area contributed by atoms with Crippen LogP contribution in [0.5, 0.6) is 23.0 Å². The van der Waals surface area contributed by atoms with Gasteiger partial charge in [0.15, 0.2) is 35.4 Å². The van der Waals surface area contributed by atoms with Crippen LogP contribution in [0.2, 0.25) is 0 Å². The Morgan fingerprint density at radius 1 is 1.10 bits per heavy atom. The number of carbonyl (C=O) groups is 2. The van der Waals surface area contributed by atoms with Gasteiger partial charge in [0.05, 0.1) is 18.2 Å². The van der Waals surface area contributed by atoms with Crippen LogP contribution in [0.15, 0.2) is 53.5 Å². The highest BCUT2D eigenvalue weighted by atomic mass is 79.9. The highest BCUT2D eigenvalue weighted by Gasteiger charge is 2.13. The van der Waals surface area contributed by atoms with Crippen molar-refractivity contribution in [3.63, 3.8) is 0 Å². The lowest BCUT2D eigenvalue weighted by Gasteiger charge is -2.13. The molecule has 0 atom stereocenters. The van der Waals surface area contributed by atoms with E-state index >= 15 is 0 Å². The molecule has 0 aromatic heterocycles. The highest BCUT2D eigenvalue weighted by molar-refractivity contribution is 9.10. The van der Waals surface area contributed by atoms with Gasteiger partial charge in [0.1, 0.15) is 6.61 Å². The summed E-state index contributed by atoms with van der Waals surface area (Å²) in [5, 5.41) is 8.74. The smallest absolute Gasteiger partial charge is 0.341 e. The van der Waals surface area contributed by atoms with Crippen molar-refractivity contribution in [2.24, 2.45) is 0 Å². The first-order chi connectivity index (χ1) is 14.9. The van der Waals surface area contributed by atoms with E-state index in [1.54, 1.807) is 24.3 Å². The minimum Gasteiger partial charge on any atom is -0.493 e. The number of rotatable bonds is 12. The average molecular weight is 491 g/mol. The molecular weight excluding hydrogens is 468 g/mol. The van der Waals surface area contributed by atoms with E-state index < -0.39 is 12.6 Å². The lowest BCUT2D eigenvalue weighted by Crippen LogP contribution is -2.10. The number of carbonyl (C=O) groups excluding carboxylic acids is 1. The van der Waals surface area contributed by atoms with E-state index in [1.807, 2.05) is 13.0 Å². The van der Waals surface area contributed by atoms with Gasteiger partial charge in [-0.25, -0.2) is 4.79 Å². The Hall–Kier alpha value is -3.26. The SMILES string of the molecule is C=CCOc1c(Br)cc(/C=C/C(=O)c2ccc(OCC(=O)O)c(OC)c2)cc1OCC. The molecule has 8 heteroatoms. The van der Waals surface area contributed by atoms with Crippen molar-refractivity contribution >= 4 is 33.8 Å². The second-order valence-electron chi connectivity index (χ2n) is 6.11. The summed E-state index contributed by atoms with van der Waals surface area (Å²) in [5.74, 6) is 0.253. The van der Waals surface area contributed by atoms with Crippen molar-refractivity contribution in [3.05, 3.63) is 64.7 Å². The lowest BCUT2D eigenvalue weighted by molar-refractivity contribution is -0.139. The van der Waals surface area contributed by atoms with Gasteiger partial charge in [0, 0.05) is 5.56 Å². The third-order valence-corrected chi connectivity index (χ3v) is 4.49. The van der Waals surface area contributed by atoms with Crippen LogP contribution >= 0.6 is 15.9 Å². The summed E-state index contributed by atoms with van der Waals surface area (Å²) in [5.41, 5.74) is 1.11.